The Kier molecular flexibility index (Phi) is 5.94. The predicted molar refractivity (Wildman–Crippen MR) is 111 cm³/mol. The molecule has 2 aliphatic heterocycles. The second-order valence-electron chi connectivity index (χ2n) is 7.47. The number of anilines is 1. The molecule has 0 bridgehead atoms. The maximum atomic E-state index is 13.3. The van der Waals surface area contributed by atoms with Crippen molar-refractivity contribution in [1.82, 2.24) is 9.80 Å². The Morgan fingerprint density at radius 2 is 2.03 bits per heavy atom. The summed E-state index contributed by atoms with van der Waals surface area (Å²) in [4.78, 5) is 29.7. The van der Waals surface area contributed by atoms with E-state index in [1.165, 1.54) is 43.4 Å². The number of fused-ring (bicyclic) bond motifs is 1. The third-order valence-corrected chi connectivity index (χ3v) is 6.52. The molecule has 1 aromatic heterocycles. The maximum Gasteiger partial charge on any atom is 0.341 e. The number of piperazine rings is 1. The van der Waals surface area contributed by atoms with Crippen LogP contribution < -0.4 is 5.32 Å². The summed E-state index contributed by atoms with van der Waals surface area (Å²) in [6.07, 6.45) is 2.42. The lowest BCUT2D eigenvalue weighted by Gasteiger charge is -2.37. The first kappa shape index (κ1) is 20.0. The first-order chi connectivity index (χ1) is 14.0. The average molecular weight is 418 g/mol. The minimum atomic E-state index is -0.527. The lowest BCUT2D eigenvalue weighted by Crippen LogP contribution is -2.51. The van der Waals surface area contributed by atoms with Crippen LogP contribution in [0.5, 0.6) is 0 Å². The van der Waals surface area contributed by atoms with E-state index in [0.717, 1.165) is 26.2 Å². The normalized spacial score (nSPS) is 19.7. The van der Waals surface area contributed by atoms with E-state index in [-0.39, 0.29) is 11.7 Å². The van der Waals surface area contributed by atoms with Crippen molar-refractivity contribution in [2.24, 2.45) is 0 Å². The number of benzene rings is 1. The zero-order chi connectivity index (χ0) is 20.4. The largest absolute Gasteiger partial charge is 0.465 e. The summed E-state index contributed by atoms with van der Waals surface area (Å²) < 4.78 is 18.2. The van der Waals surface area contributed by atoms with Gasteiger partial charge >= 0.3 is 5.97 Å². The third-order valence-electron chi connectivity index (χ3n) is 5.63. The van der Waals surface area contributed by atoms with Crippen molar-refractivity contribution in [3.63, 3.8) is 0 Å². The highest BCUT2D eigenvalue weighted by Crippen LogP contribution is 2.36. The Hall–Kier alpha value is -2.29. The summed E-state index contributed by atoms with van der Waals surface area (Å²) in [6, 6.07) is 6.45. The van der Waals surface area contributed by atoms with Crippen molar-refractivity contribution in [2.75, 3.05) is 45.2 Å². The molecule has 154 valence electrons. The number of nitrogens with zero attached hydrogens (tertiary/aromatic N) is 2. The number of nitrogens with one attached hydrogen (secondary N) is 1. The zero-order valence-corrected chi connectivity index (χ0v) is 17.1. The average Bonchev–Trinajstić information content (AvgIpc) is 3.34. The van der Waals surface area contributed by atoms with Crippen LogP contribution >= 0.6 is 11.3 Å². The van der Waals surface area contributed by atoms with E-state index in [9.17, 15) is 14.0 Å². The molecular formula is C21H24FN3O3S. The molecule has 3 heterocycles. The van der Waals surface area contributed by atoms with Gasteiger partial charge in [0.1, 0.15) is 16.4 Å². The van der Waals surface area contributed by atoms with Gasteiger partial charge in [0.15, 0.2) is 0 Å². The number of hydrogen-bond donors (Lipinski definition) is 1. The fourth-order valence-corrected chi connectivity index (χ4v) is 5.14. The fourth-order valence-electron chi connectivity index (χ4n) is 4.16. The summed E-state index contributed by atoms with van der Waals surface area (Å²) >= 11 is 1.27. The molecule has 0 spiro atoms. The van der Waals surface area contributed by atoms with Gasteiger partial charge in [0.05, 0.1) is 13.7 Å². The van der Waals surface area contributed by atoms with Gasteiger partial charge < -0.3 is 10.1 Å². The highest BCUT2D eigenvalue weighted by molar-refractivity contribution is 7.15. The number of thiophene rings is 1. The topological polar surface area (TPSA) is 61.9 Å². The Labute approximate surface area is 173 Å². The quantitative estimate of drug-likeness (QED) is 0.758. The summed E-state index contributed by atoms with van der Waals surface area (Å²) in [5, 5.41) is 5.13. The molecule has 1 N–H and O–H groups in total. The number of rotatable bonds is 5. The Morgan fingerprint density at radius 1 is 1.24 bits per heavy atom. The molecule has 0 radical (unpaired) electrons. The molecule has 0 saturated carbocycles. The van der Waals surface area contributed by atoms with Crippen molar-refractivity contribution in [1.29, 1.82) is 0 Å². The molecule has 2 fully saturated rings. The Bertz CT molecular complexity index is 899. The fraction of sp³-hybridized carbons (Fsp3) is 0.429. The number of hydrogen-bond acceptors (Lipinski definition) is 6. The van der Waals surface area contributed by atoms with E-state index in [1.807, 2.05) is 0 Å². The zero-order valence-electron chi connectivity index (χ0n) is 16.3. The molecule has 1 amide bonds. The van der Waals surface area contributed by atoms with E-state index < -0.39 is 5.97 Å². The third kappa shape index (κ3) is 4.34. The summed E-state index contributed by atoms with van der Waals surface area (Å²) in [6.45, 7) is 4.24. The number of carbonyl (C=O) groups excluding carboxylic acids is 2. The van der Waals surface area contributed by atoms with E-state index in [0.29, 0.717) is 34.3 Å². The predicted octanol–water partition coefficient (Wildman–Crippen LogP) is 3.06. The van der Waals surface area contributed by atoms with Gasteiger partial charge in [-0.1, -0.05) is 12.1 Å². The molecule has 4 rings (SSSR count). The number of ether oxygens (including phenoxy) is 1. The second-order valence-corrected chi connectivity index (χ2v) is 8.35. The van der Waals surface area contributed by atoms with Gasteiger partial charge in [0.2, 0.25) is 5.91 Å². The number of halogens is 1. The van der Waals surface area contributed by atoms with Crippen molar-refractivity contribution in [3.05, 3.63) is 41.0 Å². The van der Waals surface area contributed by atoms with Gasteiger partial charge in [0.25, 0.3) is 0 Å². The highest BCUT2D eigenvalue weighted by Gasteiger charge is 2.31. The van der Waals surface area contributed by atoms with Crippen LogP contribution in [-0.2, 0) is 9.53 Å². The first-order valence-electron chi connectivity index (χ1n) is 9.77. The number of esters is 1. The van der Waals surface area contributed by atoms with Crippen LogP contribution in [0.3, 0.4) is 0 Å². The van der Waals surface area contributed by atoms with Crippen molar-refractivity contribution < 1.29 is 18.7 Å². The van der Waals surface area contributed by atoms with Crippen LogP contribution in [0.15, 0.2) is 29.6 Å². The molecule has 1 unspecified atom stereocenters. The number of amides is 1. The Morgan fingerprint density at radius 3 is 2.79 bits per heavy atom. The minimum Gasteiger partial charge on any atom is -0.465 e. The van der Waals surface area contributed by atoms with Gasteiger partial charge in [-0.15, -0.1) is 11.3 Å². The van der Waals surface area contributed by atoms with Gasteiger partial charge in [-0.25, -0.2) is 9.18 Å². The molecule has 29 heavy (non-hydrogen) atoms. The summed E-state index contributed by atoms with van der Waals surface area (Å²) in [7, 11) is 1.31. The van der Waals surface area contributed by atoms with Gasteiger partial charge in [0, 0.05) is 36.6 Å². The van der Waals surface area contributed by atoms with Crippen molar-refractivity contribution in [2.45, 2.75) is 18.9 Å². The molecule has 6 nitrogen and oxygen atoms in total. The lowest BCUT2D eigenvalue weighted by molar-refractivity contribution is -0.117. The van der Waals surface area contributed by atoms with E-state index >= 15 is 0 Å². The van der Waals surface area contributed by atoms with Crippen molar-refractivity contribution >= 4 is 28.2 Å². The molecular weight excluding hydrogens is 393 g/mol. The highest BCUT2D eigenvalue weighted by atomic mass is 32.1. The molecule has 0 aliphatic carbocycles. The molecule has 2 saturated heterocycles. The number of carbonyl (C=O) groups is 2. The van der Waals surface area contributed by atoms with E-state index in [2.05, 4.69) is 15.1 Å². The van der Waals surface area contributed by atoms with Crippen LogP contribution in [-0.4, -0.2) is 67.6 Å². The van der Waals surface area contributed by atoms with Crippen LogP contribution in [0.4, 0.5) is 9.39 Å². The lowest BCUT2D eigenvalue weighted by atomic mass is 10.0. The maximum absolute atomic E-state index is 13.3. The Balaban J connectivity index is 1.48. The summed E-state index contributed by atoms with van der Waals surface area (Å²) in [5.74, 6) is -1.02. The van der Waals surface area contributed by atoms with Gasteiger partial charge in [-0.2, -0.15) is 0 Å². The monoisotopic (exact) mass is 417 g/mol. The first-order valence-corrected chi connectivity index (χ1v) is 10.6. The molecule has 2 aliphatic rings. The van der Waals surface area contributed by atoms with Crippen LogP contribution in [0.1, 0.15) is 23.2 Å². The van der Waals surface area contributed by atoms with Crippen LogP contribution in [0, 0.1) is 5.82 Å². The molecule has 2 aromatic rings. The van der Waals surface area contributed by atoms with Gasteiger partial charge in [-0.3, -0.25) is 14.6 Å². The SMILES string of the molecule is COC(=O)c1c(-c2ccc(F)cc2)csc1NC(=O)CN1CCN2CCCC2C1. The summed E-state index contributed by atoms with van der Waals surface area (Å²) in [5.41, 5.74) is 1.62. The van der Waals surface area contributed by atoms with Crippen LogP contribution in [0.25, 0.3) is 11.1 Å². The molecule has 1 aromatic carbocycles. The smallest absolute Gasteiger partial charge is 0.341 e. The van der Waals surface area contributed by atoms with Crippen LogP contribution in [0.2, 0.25) is 0 Å². The van der Waals surface area contributed by atoms with Gasteiger partial charge in [-0.05, 0) is 37.1 Å². The van der Waals surface area contributed by atoms with E-state index in [1.54, 1.807) is 17.5 Å². The number of methoxy groups -OCH3 is 1. The van der Waals surface area contributed by atoms with Crippen molar-refractivity contribution in [3.8, 4) is 11.1 Å². The van der Waals surface area contributed by atoms with E-state index in [4.69, 9.17) is 4.74 Å². The molecule has 8 heteroatoms. The minimum absolute atomic E-state index is 0.144. The molecule has 1 atom stereocenters. The second kappa shape index (κ2) is 8.61. The standard InChI is InChI=1S/C21H24FN3O3S/c1-28-21(27)19-17(14-4-6-15(22)7-5-14)13-29-20(19)23-18(26)12-24-9-10-25-8-2-3-16(25)11-24/h4-7,13,16H,2-3,8-12H2,1H3,(H,23,26).